The Labute approximate surface area is 192 Å². The van der Waals surface area contributed by atoms with Gasteiger partial charge in [0, 0.05) is 41.3 Å². The summed E-state index contributed by atoms with van der Waals surface area (Å²) < 4.78 is 0. The van der Waals surface area contributed by atoms with E-state index in [1.807, 2.05) is 79.4 Å². The first-order valence-electron chi connectivity index (χ1n) is 11.3. The van der Waals surface area contributed by atoms with Gasteiger partial charge in [0.25, 0.3) is 11.8 Å². The van der Waals surface area contributed by atoms with Gasteiger partial charge in [0.15, 0.2) is 0 Å². The lowest BCUT2D eigenvalue weighted by atomic mass is 10.1. The summed E-state index contributed by atoms with van der Waals surface area (Å²) in [7, 11) is 0. The van der Waals surface area contributed by atoms with Crippen molar-refractivity contribution in [2.45, 2.75) is 32.7 Å². The van der Waals surface area contributed by atoms with E-state index in [1.165, 1.54) is 0 Å². The maximum atomic E-state index is 13.5. The zero-order valence-corrected chi connectivity index (χ0v) is 18.8. The molecule has 2 amide bonds. The molecule has 1 aliphatic carbocycles. The molecule has 1 aliphatic rings. The Morgan fingerprint density at radius 2 is 1.42 bits per heavy atom. The number of aromatic nitrogens is 2. The second-order valence-corrected chi connectivity index (χ2v) is 8.64. The monoisotopic (exact) mass is 438 g/mol. The summed E-state index contributed by atoms with van der Waals surface area (Å²) in [5.41, 5.74) is 4.53. The molecule has 0 aliphatic heterocycles. The molecule has 1 N–H and O–H groups in total. The maximum absolute atomic E-state index is 13.5. The van der Waals surface area contributed by atoms with Crippen LogP contribution in [-0.2, 0) is 0 Å². The lowest BCUT2D eigenvalue weighted by Gasteiger charge is -2.23. The molecule has 1 saturated carbocycles. The molecule has 1 fully saturated rings. The molecule has 166 valence electrons. The highest BCUT2D eigenvalue weighted by atomic mass is 16.2. The van der Waals surface area contributed by atoms with Gasteiger partial charge in [-0.3, -0.25) is 19.6 Å². The van der Waals surface area contributed by atoms with Crippen LogP contribution in [0.2, 0.25) is 0 Å². The Morgan fingerprint density at radius 3 is 2.03 bits per heavy atom. The number of benzene rings is 2. The van der Waals surface area contributed by atoms with Crippen LogP contribution in [0.25, 0.3) is 21.8 Å². The third kappa shape index (κ3) is 4.29. The number of hydrogen-bond donors (Lipinski definition) is 1. The van der Waals surface area contributed by atoms with Crippen LogP contribution in [0.1, 0.15) is 44.9 Å². The number of nitrogens with zero attached hydrogens (tertiary/aromatic N) is 3. The topological polar surface area (TPSA) is 75.2 Å². The number of carbonyl (C=O) groups is 2. The first-order chi connectivity index (χ1) is 16.0. The SMILES string of the molecule is Cc1cc(C(=O)NCCN(C(=O)c2cc(C)nc3ccccc23)C2CC2)c2ccccc2n1. The van der Waals surface area contributed by atoms with Crippen molar-refractivity contribution in [1.82, 2.24) is 20.2 Å². The minimum atomic E-state index is -0.148. The fourth-order valence-electron chi connectivity index (χ4n) is 4.36. The van der Waals surface area contributed by atoms with Gasteiger partial charge in [-0.15, -0.1) is 0 Å². The Hall–Kier alpha value is -3.80. The second kappa shape index (κ2) is 8.62. The smallest absolute Gasteiger partial charge is 0.254 e. The van der Waals surface area contributed by atoms with Crippen LogP contribution in [0.5, 0.6) is 0 Å². The lowest BCUT2D eigenvalue weighted by molar-refractivity contribution is 0.0738. The zero-order chi connectivity index (χ0) is 22.9. The molecule has 33 heavy (non-hydrogen) atoms. The largest absolute Gasteiger partial charge is 0.350 e. The van der Waals surface area contributed by atoms with E-state index in [0.717, 1.165) is 46.0 Å². The molecule has 0 saturated heterocycles. The predicted molar refractivity (Wildman–Crippen MR) is 129 cm³/mol. The molecular weight excluding hydrogens is 412 g/mol. The number of aryl methyl sites for hydroxylation is 2. The van der Waals surface area contributed by atoms with E-state index in [9.17, 15) is 9.59 Å². The maximum Gasteiger partial charge on any atom is 0.254 e. The number of amides is 2. The zero-order valence-electron chi connectivity index (χ0n) is 18.8. The van der Waals surface area contributed by atoms with Gasteiger partial charge in [0.2, 0.25) is 0 Å². The summed E-state index contributed by atoms with van der Waals surface area (Å²) in [5, 5.41) is 4.70. The van der Waals surface area contributed by atoms with Crippen LogP contribution < -0.4 is 5.32 Å². The highest BCUT2D eigenvalue weighted by molar-refractivity contribution is 6.07. The standard InChI is InChI=1S/C27H26N4O2/c1-17-15-22(20-7-3-5-9-24(20)29-17)26(32)28-13-14-31(19-11-12-19)27(33)23-16-18(2)30-25-10-6-4-8-21(23)25/h3-10,15-16,19H,11-14H2,1-2H3,(H,28,32). The molecule has 2 heterocycles. The second-order valence-electron chi connectivity index (χ2n) is 8.64. The first kappa shape index (κ1) is 21.1. The number of nitrogens with one attached hydrogen (secondary N) is 1. The molecule has 0 spiro atoms. The van der Waals surface area contributed by atoms with Gasteiger partial charge in [-0.2, -0.15) is 0 Å². The summed E-state index contributed by atoms with van der Waals surface area (Å²) in [4.78, 5) is 37.5. The van der Waals surface area contributed by atoms with Crippen molar-refractivity contribution >= 4 is 33.6 Å². The van der Waals surface area contributed by atoms with E-state index in [2.05, 4.69) is 15.3 Å². The van der Waals surface area contributed by atoms with Crippen LogP contribution in [-0.4, -0.2) is 45.8 Å². The molecule has 0 atom stereocenters. The van der Waals surface area contributed by atoms with Crippen LogP contribution in [0.15, 0.2) is 60.7 Å². The molecule has 0 bridgehead atoms. The van der Waals surface area contributed by atoms with Gasteiger partial charge in [0.1, 0.15) is 0 Å². The minimum Gasteiger partial charge on any atom is -0.350 e. The summed E-state index contributed by atoms with van der Waals surface area (Å²) in [6.07, 6.45) is 1.99. The van der Waals surface area contributed by atoms with Crippen molar-refractivity contribution in [2.24, 2.45) is 0 Å². The fraction of sp³-hybridized carbons (Fsp3) is 0.259. The molecule has 0 radical (unpaired) electrons. The highest BCUT2D eigenvalue weighted by Gasteiger charge is 2.33. The minimum absolute atomic E-state index is 0.00125. The number of hydrogen-bond acceptors (Lipinski definition) is 4. The van der Waals surface area contributed by atoms with Gasteiger partial charge < -0.3 is 10.2 Å². The van der Waals surface area contributed by atoms with Gasteiger partial charge in [-0.25, -0.2) is 0 Å². The summed E-state index contributed by atoms with van der Waals surface area (Å²) in [6, 6.07) is 19.3. The molecule has 2 aromatic carbocycles. The van der Waals surface area contributed by atoms with E-state index >= 15 is 0 Å². The normalized spacial score (nSPS) is 13.3. The van der Waals surface area contributed by atoms with E-state index in [4.69, 9.17) is 0 Å². The van der Waals surface area contributed by atoms with Crippen molar-refractivity contribution in [1.29, 1.82) is 0 Å². The van der Waals surface area contributed by atoms with Crippen LogP contribution >= 0.6 is 0 Å². The quantitative estimate of drug-likeness (QED) is 0.483. The number of pyridine rings is 2. The molecule has 4 aromatic rings. The van der Waals surface area contributed by atoms with E-state index in [0.29, 0.717) is 24.2 Å². The fourth-order valence-corrected chi connectivity index (χ4v) is 4.36. The van der Waals surface area contributed by atoms with E-state index in [1.54, 1.807) is 0 Å². The van der Waals surface area contributed by atoms with Gasteiger partial charge in [0.05, 0.1) is 22.2 Å². The van der Waals surface area contributed by atoms with Crippen molar-refractivity contribution < 1.29 is 9.59 Å². The van der Waals surface area contributed by atoms with Gasteiger partial charge >= 0.3 is 0 Å². The molecule has 0 unspecified atom stereocenters. The average molecular weight is 439 g/mol. The molecular formula is C27H26N4O2. The van der Waals surface area contributed by atoms with Crippen molar-refractivity contribution in [3.8, 4) is 0 Å². The lowest BCUT2D eigenvalue weighted by Crippen LogP contribution is -2.40. The third-order valence-electron chi connectivity index (χ3n) is 6.05. The number of fused-ring (bicyclic) bond motifs is 2. The predicted octanol–water partition coefficient (Wildman–Crippen LogP) is 4.43. The van der Waals surface area contributed by atoms with Crippen LogP contribution in [0, 0.1) is 13.8 Å². The molecule has 6 heteroatoms. The summed E-state index contributed by atoms with van der Waals surface area (Å²) in [6.45, 7) is 4.65. The summed E-state index contributed by atoms with van der Waals surface area (Å²) in [5.74, 6) is -0.149. The van der Waals surface area contributed by atoms with Crippen molar-refractivity contribution in [2.75, 3.05) is 13.1 Å². The Bertz CT molecular complexity index is 1380. The van der Waals surface area contributed by atoms with E-state index < -0.39 is 0 Å². The highest BCUT2D eigenvalue weighted by Crippen LogP contribution is 2.30. The third-order valence-corrected chi connectivity index (χ3v) is 6.05. The molecule has 5 rings (SSSR count). The average Bonchev–Trinajstić information content (AvgIpc) is 3.65. The number of para-hydroxylation sites is 2. The van der Waals surface area contributed by atoms with Gasteiger partial charge in [-0.1, -0.05) is 36.4 Å². The van der Waals surface area contributed by atoms with Crippen LogP contribution in [0.3, 0.4) is 0 Å². The van der Waals surface area contributed by atoms with E-state index in [-0.39, 0.29) is 17.9 Å². The first-order valence-corrected chi connectivity index (χ1v) is 11.3. The number of carbonyl (C=O) groups excluding carboxylic acids is 2. The summed E-state index contributed by atoms with van der Waals surface area (Å²) >= 11 is 0. The molecule has 2 aromatic heterocycles. The Morgan fingerprint density at radius 1 is 0.879 bits per heavy atom. The number of rotatable bonds is 6. The van der Waals surface area contributed by atoms with Crippen molar-refractivity contribution in [3.63, 3.8) is 0 Å². The van der Waals surface area contributed by atoms with Crippen molar-refractivity contribution in [3.05, 3.63) is 83.2 Å². The van der Waals surface area contributed by atoms with Gasteiger partial charge in [-0.05, 0) is 51.0 Å². The molecule has 6 nitrogen and oxygen atoms in total. The Balaban J connectivity index is 1.34. The van der Waals surface area contributed by atoms with Crippen LogP contribution in [0.4, 0.5) is 0 Å². The Kier molecular flexibility index (Phi) is 5.50.